The minimum Gasteiger partial charge on any atom is -0.481 e. The van der Waals surface area contributed by atoms with Crippen LogP contribution in [-0.2, 0) is 28.1 Å². The van der Waals surface area contributed by atoms with Crippen molar-refractivity contribution in [3.05, 3.63) is 100 Å². The summed E-state index contributed by atoms with van der Waals surface area (Å²) < 4.78 is 10.8. The fourth-order valence-corrected chi connectivity index (χ4v) is 4.81. The van der Waals surface area contributed by atoms with Crippen molar-refractivity contribution in [3.63, 3.8) is 0 Å². The average molecular weight is 537 g/mol. The van der Waals surface area contributed by atoms with Crippen molar-refractivity contribution in [1.29, 1.82) is 0 Å². The molecule has 1 heterocycles. The Morgan fingerprint density at radius 1 is 1.05 bits per heavy atom. The molecule has 0 fully saturated rings. The molecule has 4 aromatic rings. The predicted octanol–water partition coefficient (Wildman–Crippen LogP) is 7.01. The second kappa shape index (κ2) is 12.5. The lowest BCUT2D eigenvalue weighted by molar-refractivity contribution is -0.136. The van der Waals surface area contributed by atoms with E-state index in [0.29, 0.717) is 28.6 Å². The molecule has 4 rings (SSSR count). The van der Waals surface area contributed by atoms with Gasteiger partial charge in [0.25, 0.3) is 0 Å². The molecule has 0 atom stereocenters. The van der Waals surface area contributed by atoms with E-state index < -0.39 is 12.1 Å². The number of halogens is 1. The average Bonchev–Trinajstić information content (AvgIpc) is 3.24. The molecule has 0 unspecified atom stereocenters. The molecule has 0 aliphatic carbocycles. The van der Waals surface area contributed by atoms with Crippen LogP contribution in [0, 0.1) is 6.92 Å². The molecule has 0 spiro atoms. The van der Waals surface area contributed by atoms with Gasteiger partial charge >= 0.3 is 12.1 Å². The van der Waals surface area contributed by atoms with Gasteiger partial charge in [0.1, 0.15) is 11.4 Å². The summed E-state index contributed by atoms with van der Waals surface area (Å²) >= 11 is 7.78. The van der Waals surface area contributed by atoms with E-state index in [1.165, 1.54) is 0 Å². The van der Waals surface area contributed by atoms with E-state index in [1.54, 1.807) is 24.8 Å². The third kappa shape index (κ3) is 7.38. The third-order valence-corrected chi connectivity index (χ3v) is 6.96. The Hall–Kier alpha value is -3.75. The van der Waals surface area contributed by atoms with Crippen molar-refractivity contribution in [2.24, 2.45) is 0 Å². The Balaban J connectivity index is 1.34. The highest BCUT2D eigenvalue weighted by molar-refractivity contribution is 7.98. The number of nitrogens with zero attached hydrogens (tertiary/aromatic N) is 1. The van der Waals surface area contributed by atoms with Gasteiger partial charge in [-0.25, -0.2) is 4.79 Å². The number of hydrogen-bond donors (Lipinski definition) is 2. The van der Waals surface area contributed by atoms with Crippen LogP contribution >= 0.6 is 23.4 Å². The number of nitrogens with one attached hydrogen (secondary N) is 1. The number of carboxylic acids is 1. The molecular weight excluding hydrogens is 512 g/mol. The second-order valence-corrected chi connectivity index (χ2v) is 9.73. The molecule has 0 aliphatic rings. The molecule has 3 aromatic carbocycles. The molecule has 1 aromatic heterocycles. The first-order chi connectivity index (χ1) is 17.9. The Kier molecular flexibility index (Phi) is 8.87. The Bertz CT molecular complexity index is 1390. The Morgan fingerprint density at radius 3 is 2.59 bits per heavy atom. The van der Waals surface area contributed by atoms with E-state index in [1.807, 2.05) is 66.7 Å². The lowest BCUT2D eigenvalue weighted by atomic mass is 10.1. The van der Waals surface area contributed by atoms with Gasteiger partial charge in [-0.05, 0) is 41.8 Å². The molecule has 190 valence electrons. The number of ether oxygens (including phenoxy) is 1. The number of aryl methyl sites for hydroxylation is 1. The number of aliphatic carboxylic acids is 1. The number of carbonyl (C=O) groups excluding carboxylic acids is 1. The van der Waals surface area contributed by atoms with Crippen LogP contribution < -0.4 is 5.32 Å². The van der Waals surface area contributed by atoms with Gasteiger partial charge in [0.2, 0.25) is 0 Å². The molecule has 0 saturated carbocycles. The zero-order valence-corrected chi connectivity index (χ0v) is 21.6. The zero-order valence-electron chi connectivity index (χ0n) is 20.1. The molecule has 0 bridgehead atoms. The Morgan fingerprint density at radius 2 is 1.84 bits per heavy atom. The van der Waals surface area contributed by atoms with Crippen LogP contribution in [0.1, 0.15) is 22.4 Å². The maximum Gasteiger partial charge on any atom is 0.411 e. The summed E-state index contributed by atoms with van der Waals surface area (Å²) in [5, 5.41) is 16.4. The van der Waals surface area contributed by atoms with Gasteiger partial charge < -0.3 is 14.4 Å². The molecule has 37 heavy (non-hydrogen) atoms. The first-order valence-electron chi connectivity index (χ1n) is 11.6. The molecular formula is C28H25ClN2O5S. The number of carboxylic acid groups (broad SMARTS) is 1. The number of amides is 1. The lowest BCUT2D eigenvalue weighted by Crippen LogP contribution is -2.16. The maximum atomic E-state index is 12.4. The third-order valence-electron chi connectivity index (χ3n) is 5.53. The summed E-state index contributed by atoms with van der Waals surface area (Å²) in [5.41, 5.74) is 4.53. The van der Waals surface area contributed by atoms with Crippen LogP contribution in [0.2, 0.25) is 5.02 Å². The minimum absolute atomic E-state index is 0.00495. The van der Waals surface area contributed by atoms with Crippen molar-refractivity contribution < 1.29 is 24.0 Å². The fourth-order valence-electron chi connectivity index (χ4n) is 3.65. The largest absolute Gasteiger partial charge is 0.481 e. The first kappa shape index (κ1) is 26.3. The van der Waals surface area contributed by atoms with Gasteiger partial charge in [0.15, 0.2) is 5.76 Å². The summed E-state index contributed by atoms with van der Waals surface area (Å²) in [5.74, 6) is 0.315. The van der Waals surface area contributed by atoms with E-state index in [2.05, 4.69) is 10.5 Å². The van der Waals surface area contributed by atoms with Crippen LogP contribution in [-0.4, -0.2) is 28.9 Å². The first-order valence-corrected chi connectivity index (χ1v) is 12.9. The fraction of sp³-hybridized carbons (Fsp3) is 0.179. The maximum absolute atomic E-state index is 12.4. The molecule has 9 heteroatoms. The predicted molar refractivity (Wildman–Crippen MR) is 144 cm³/mol. The highest BCUT2D eigenvalue weighted by Gasteiger charge is 2.18. The monoisotopic (exact) mass is 536 g/mol. The number of thioether (sulfide) groups is 1. The van der Waals surface area contributed by atoms with Gasteiger partial charge in [-0.3, -0.25) is 10.1 Å². The quantitative estimate of drug-likeness (QED) is 0.210. The molecule has 2 N–H and O–H groups in total. The number of aromatic nitrogens is 1. The topological polar surface area (TPSA) is 102 Å². The van der Waals surface area contributed by atoms with E-state index in [0.717, 1.165) is 32.9 Å². The van der Waals surface area contributed by atoms with Gasteiger partial charge in [0.05, 0.1) is 13.0 Å². The summed E-state index contributed by atoms with van der Waals surface area (Å²) in [4.78, 5) is 24.4. The van der Waals surface area contributed by atoms with Gasteiger partial charge in [-0.1, -0.05) is 71.4 Å². The zero-order chi connectivity index (χ0) is 26.2. The smallest absolute Gasteiger partial charge is 0.411 e. The number of hydrogen-bond acceptors (Lipinski definition) is 6. The summed E-state index contributed by atoms with van der Waals surface area (Å²) in [6, 6.07) is 22.7. The SMILES string of the molecule is Cc1noc(-c2ccc(CSc3cccc(CC(=O)O)c3)cc2)c1NC(=O)OCCc1ccccc1Cl. The van der Waals surface area contributed by atoms with Crippen molar-refractivity contribution in [3.8, 4) is 11.3 Å². The van der Waals surface area contributed by atoms with Crippen molar-refractivity contribution >= 4 is 41.1 Å². The lowest BCUT2D eigenvalue weighted by Gasteiger charge is -2.09. The number of anilines is 1. The van der Waals surface area contributed by atoms with E-state index in [4.69, 9.17) is 26.0 Å². The highest BCUT2D eigenvalue weighted by Crippen LogP contribution is 2.32. The van der Waals surface area contributed by atoms with Gasteiger partial charge in [-0.2, -0.15) is 0 Å². The molecule has 0 radical (unpaired) electrons. The minimum atomic E-state index is -0.848. The summed E-state index contributed by atoms with van der Waals surface area (Å²) in [6.45, 7) is 1.93. The standard InChI is InChI=1S/C28H25ClN2O5S/c1-18-26(30-28(34)35-14-13-21-6-2-3-8-24(21)29)27(36-31-18)22-11-9-19(10-12-22)17-37-23-7-4-5-20(15-23)16-25(32)33/h2-12,15H,13-14,16-17H2,1H3,(H,30,34)(H,32,33). The molecule has 0 saturated heterocycles. The highest BCUT2D eigenvalue weighted by atomic mass is 35.5. The van der Waals surface area contributed by atoms with Crippen LogP contribution in [0.4, 0.5) is 10.5 Å². The normalized spacial score (nSPS) is 10.8. The van der Waals surface area contributed by atoms with Crippen molar-refractivity contribution in [1.82, 2.24) is 5.16 Å². The Labute approximate surface area is 223 Å². The van der Waals surface area contributed by atoms with Gasteiger partial charge in [0, 0.05) is 27.7 Å². The molecule has 1 amide bonds. The summed E-state index contributed by atoms with van der Waals surface area (Å²) in [7, 11) is 0. The molecule has 0 aliphatic heterocycles. The summed E-state index contributed by atoms with van der Waals surface area (Å²) in [6.07, 6.45) is -0.0885. The van der Waals surface area contributed by atoms with E-state index in [-0.39, 0.29) is 13.0 Å². The van der Waals surface area contributed by atoms with Crippen molar-refractivity contribution in [2.75, 3.05) is 11.9 Å². The van der Waals surface area contributed by atoms with Crippen LogP contribution in [0.15, 0.2) is 82.2 Å². The van der Waals surface area contributed by atoms with Gasteiger partial charge in [-0.15, -0.1) is 11.8 Å². The number of rotatable bonds is 10. The van der Waals surface area contributed by atoms with Crippen LogP contribution in [0.3, 0.4) is 0 Å². The number of benzene rings is 3. The van der Waals surface area contributed by atoms with E-state index in [9.17, 15) is 9.59 Å². The molecule has 7 nitrogen and oxygen atoms in total. The van der Waals surface area contributed by atoms with Crippen LogP contribution in [0.5, 0.6) is 0 Å². The van der Waals surface area contributed by atoms with Crippen LogP contribution in [0.25, 0.3) is 11.3 Å². The number of carbonyl (C=O) groups is 2. The van der Waals surface area contributed by atoms with E-state index >= 15 is 0 Å². The van der Waals surface area contributed by atoms with Crippen molar-refractivity contribution in [2.45, 2.75) is 30.4 Å². The second-order valence-electron chi connectivity index (χ2n) is 8.28.